The number of hydrogen-bond donors (Lipinski definition) is 1. The number of nitrogens with one attached hydrogen (secondary N) is 1. The van der Waals surface area contributed by atoms with E-state index in [-0.39, 0.29) is 0 Å². The van der Waals surface area contributed by atoms with Gasteiger partial charge in [-0.3, -0.25) is 0 Å². The Bertz CT molecular complexity index is 862. The molecule has 8 heteroatoms. The molecule has 2 heterocycles. The molecule has 1 aromatic heterocycles. The van der Waals surface area contributed by atoms with Crippen LogP contribution in [0.4, 0.5) is 5.95 Å². The number of anilines is 1. The first-order chi connectivity index (χ1) is 13.1. The lowest BCUT2D eigenvalue weighted by molar-refractivity contribution is -0.136. The van der Waals surface area contributed by atoms with Gasteiger partial charge in [-0.05, 0) is 25.2 Å². The number of ether oxygens (including phenoxy) is 2. The zero-order valence-corrected chi connectivity index (χ0v) is 16.8. The standard InChI is InChI=1S/C19H24N4O3S/c1-5-11-26-14-10-8-7-9-13(14)16-15(17(24)25-4)12(3)20-18-21-19(27-6-2)22-23(16)18/h7-10,16H,5-6,11H2,1-4H3,(H,20,21,22). The van der Waals surface area contributed by atoms with E-state index in [4.69, 9.17) is 9.47 Å². The first-order valence-corrected chi connectivity index (χ1v) is 9.96. The fourth-order valence-electron chi connectivity index (χ4n) is 3.03. The minimum absolute atomic E-state index is 0.402. The van der Waals surface area contributed by atoms with Gasteiger partial charge >= 0.3 is 5.97 Å². The lowest BCUT2D eigenvalue weighted by atomic mass is 9.95. The van der Waals surface area contributed by atoms with Gasteiger partial charge in [-0.15, -0.1) is 5.10 Å². The highest BCUT2D eigenvalue weighted by Gasteiger charge is 2.36. The summed E-state index contributed by atoms with van der Waals surface area (Å²) in [6, 6.07) is 7.24. The number of carbonyl (C=O) groups excluding carboxylic acids is 1. The molecule has 0 spiro atoms. The van der Waals surface area contributed by atoms with Gasteiger partial charge in [0.25, 0.3) is 0 Å². The molecule has 2 aromatic rings. The van der Waals surface area contributed by atoms with E-state index in [1.807, 2.05) is 38.1 Å². The maximum absolute atomic E-state index is 12.6. The molecule has 27 heavy (non-hydrogen) atoms. The molecular weight excluding hydrogens is 364 g/mol. The van der Waals surface area contributed by atoms with Crippen LogP contribution in [-0.2, 0) is 9.53 Å². The van der Waals surface area contributed by atoms with Crippen LogP contribution >= 0.6 is 11.8 Å². The predicted molar refractivity (Wildman–Crippen MR) is 105 cm³/mol. The van der Waals surface area contributed by atoms with Gasteiger partial charge in [0, 0.05) is 11.3 Å². The summed E-state index contributed by atoms with van der Waals surface area (Å²) in [7, 11) is 1.38. The second-order valence-corrected chi connectivity index (χ2v) is 7.27. The van der Waals surface area contributed by atoms with Crippen LogP contribution in [0.25, 0.3) is 0 Å². The number of allylic oxidation sites excluding steroid dienone is 1. The number of hydrogen-bond acceptors (Lipinski definition) is 7. The molecule has 144 valence electrons. The van der Waals surface area contributed by atoms with Gasteiger partial charge in [0.2, 0.25) is 11.1 Å². The maximum Gasteiger partial charge on any atom is 0.338 e. The van der Waals surface area contributed by atoms with Crippen LogP contribution in [0, 0.1) is 0 Å². The Hall–Kier alpha value is -2.48. The number of methoxy groups -OCH3 is 1. The Kier molecular flexibility index (Phi) is 6.05. The third-order valence-corrected chi connectivity index (χ3v) is 4.91. The summed E-state index contributed by atoms with van der Waals surface area (Å²) in [6.45, 7) is 6.55. The van der Waals surface area contributed by atoms with Gasteiger partial charge in [0.15, 0.2) is 0 Å². The molecular formula is C19H24N4O3S. The van der Waals surface area contributed by atoms with Gasteiger partial charge in [0.05, 0.1) is 19.3 Å². The monoisotopic (exact) mass is 388 g/mol. The number of aromatic nitrogens is 3. The Balaban J connectivity index is 2.16. The minimum atomic E-state index is -0.472. The number of benzene rings is 1. The van der Waals surface area contributed by atoms with Crippen molar-refractivity contribution in [3.05, 3.63) is 41.1 Å². The lowest BCUT2D eigenvalue weighted by Crippen LogP contribution is -2.29. The van der Waals surface area contributed by atoms with Crippen LogP contribution < -0.4 is 10.1 Å². The van der Waals surface area contributed by atoms with Crippen LogP contribution in [0.1, 0.15) is 38.8 Å². The minimum Gasteiger partial charge on any atom is -0.493 e. The van der Waals surface area contributed by atoms with Crippen molar-refractivity contribution < 1.29 is 14.3 Å². The van der Waals surface area contributed by atoms with E-state index in [1.54, 1.807) is 16.4 Å². The quantitative estimate of drug-likeness (QED) is 0.573. The van der Waals surface area contributed by atoms with Crippen molar-refractivity contribution >= 4 is 23.7 Å². The first kappa shape index (κ1) is 19.3. The molecule has 0 radical (unpaired) electrons. The second kappa shape index (κ2) is 8.47. The summed E-state index contributed by atoms with van der Waals surface area (Å²) in [6.07, 6.45) is 0.894. The number of fused-ring (bicyclic) bond motifs is 1. The fraction of sp³-hybridized carbons (Fsp3) is 0.421. The van der Waals surface area contributed by atoms with Gasteiger partial charge in [-0.1, -0.05) is 43.8 Å². The molecule has 0 saturated carbocycles. The summed E-state index contributed by atoms with van der Waals surface area (Å²) in [4.78, 5) is 17.2. The topological polar surface area (TPSA) is 78.3 Å². The number of nitrogens with zero attached hydrogens (tertiary/aromatic N) is 3. The van der Waals surface area contributed by atoms with Crippen LogP contribution in [0.2, 0.25) is 0 Å². The average molecular weight is 388 g/mol. The van der Waals surface area contributed by atoms with Crippen LogP contribution in [0.15, 0.2) is 40.7 Å². The van der Waals surface area contributed by atoms with Crippen molar-refractivity contribution in [3.63, 3.8) is 0 Å². The molecule has 1 unspecified atom stereocenters. The Morgan fingerprint density at radius 2 is 2.11 bits per heavy atom. The summed E-state index contributed by atoms with van der Waals surface area (Å²) in [5, 5.41) is 8.47. The smallest absolute Gasteiger partial charge is 0.338 e. The summed E-state index contributed by atoms with van der Waals surface area (Å²) in [5.41, 5.74) is 2.05. The number of rotatable bonds is 7. The van der Waals surface area contributed by atoms with E-state index >= 15 is 0 Å². The Morgan fingerprint density at radius 1 is 1.33 bits per heavy atom. The molecule has 1 atom stereocenters. The Morgan fingerprint density at radius 3 is 2.81 bits per heavy atom. The first-order valence-electron chi connectivity index (χ1n) is 8.97. The Labute approximate surface area is 163 Å². The van der Waals surface area contributed by atoms with Crippen LogP contribution in [-0.4, -0.2) is 40.2 Å². The van der Waals surface area contributed by atoms with E-state index in [0.29, 0.717) is 29.0 Å². The molecule has 1 aromatic carbocycles. The van der Waals surface area contributed by atoms with Crippen molar-refractivity contribution in [1.82, 2.24) is 14.8 Å². The van der Waals surface area contributed by atoms with E-state index < -0.39 is 12.0 Å². The van der Waals surface area contributed by atoms with Crippen molar-refractivity contribution in [3.8, 4) is 5.75 Å². The molecule has 1 N–H and O–H groups in total. The molecule has 0 fully saturated rings. The molecule has 0 aliphatic carbocycles. The highest BCUT2D eigenvalue weighted by atomic mass is 32.2. The molecule has 3 rings (SSSR count). The van der Waals surface area contributed by atoms with E-state index in [1.165, 1.54) is 7.11 Å². The third-order valence-electron chi connectivity index (χ3n) is 4.19. The van der Waals surface area contributed by atoms with Crippen molar-refractivity contribution in [2.75, 3.05) is 24.8 Å². The summed E-state index contributed by atoms with van der Waals surface area (Å²) >= 11 is 1.55. The zero-order chi connectivity index (χ0) is 19.4. The summed E-state index contributed by atoms with van der Waals surface area (Å²) < 4.78 is 12.7. The van der Waals surface area contributed by atoms with Crippen molar-refractivity contribution in [2.45, 2.75) is 38.4 Å². The van der Waals surface area contributed by atoms with E-state index in [9.17, 15) is 4.79 Å². The van der Waals surface area contributed by atoms with Gasteiger partial charge in [0.1, 0.15) is 11.8 Å². The molecule has 1 aliphatic heterocycles. The number of esters is 1. The molecule has 0 amide bonds. The van der Waals surface area contributed by atoms with E-state index in [2.05, 4.69) is 22.3 Å². The van der Waals surface area contributed by atoms with Gasteiger partial charge in [-0.2, -0.15) is 4.98 Å². The zero-order valence-electron chi connectivity index (χ0n) is 16.0. The normalized spacial score (nSPS) is 15.9. The third kappa shape index (κ3) is 3.80. The van der Waals surface area contributed by atoms with Crippen LogP contribution in [0.5, 0.6) is 5.75 Å². The van der Waals surface area contributed by atoms with Gasteiger partial charge in [-0.25, -0.2) is 9.48 Å². The van der Waals surface area contributed by atoms with Gasteiger partial charge < -0.3 is 14.8 Å². The van der Waals surface area contributed by atoms with Crippen LogP contribution in [0.3, 0.4) is 0 Å². The highest BCUT2D eigenvalue weighted by Crippen LogP contribution is 2.40. The molecule has 7 nitrogen and oxygen atoms in total. The number of thioether (sulfide) groups is 1. The summed E-state index contributed by atoms with van der Waals surface area (Å²) in [5.74, 6) is 1.79. The van der Waals surface area contributed by atoms with Crippen molar-refractivity contribution in [2.24, 2.45) is 0 Å². The SMILES string of the molecule is CCCOc1ccccc1C1C(C(=O)OC)=C(C)Nc2nc(SCC)nn21. The highest BCUT2D eigenvalue weighted by molar-refractivity contribution is 7.99. The molecule has 0 saturated heterocycles. The number of carbonyl (C=O) groups is 1. The van der Waals surface area contributed by atoms with E-state index in [0.717, 1.165) is 23.5 Å². The average Bonchev–Trinajstić information content (AvgIpc) is 3.07. The fourth-order valence-corrected chi connectivity index (χ4v) is 3.59. The predicted octanol–water partition coefficient (Wildman–Crippen LogP) is 3.64. The maximum atomic E-state index is 12.6. The number of para-hydroxylation sites is 1. The largest absolute Gasteiger partial charge is 0.493 e. The van der Waals surface area contributed by atoms with Crippen molar-refractivity contribution in [1.29, 1.82) is 0 Å². The molecule has 1 aliphatic rings. The second-order valence-electron chi connectivity index (χ2n) is 6.04. The molecule has 0 bridgehead atoms. The lowest BCUT2D eigenvalue weighted by Gasteiger charge is -2.28.